The minimum atomic E-state index is -4.99. The molecule has 0 aliphatic carbocycles. The fourth-order valence-electron chi connectivity index (χ4n) is 2.80. The second-order valence-electron chi connectivity index (χ2n) is 6.54. The average Bonchev–Trinajstić information content (AvgIpc) is 2.65. The van der Waals surface area contributed by atoms with Crippen LogP contribution >= 0.6 is 24.0 Å². The van der Waals surface area contributed by atoms with Crippen LogP contribution in [0.2, 0.25) is 0 Å². The third-order valence-corrected chi connectivity index (χ3v) is 4.11. The number of nitrogens with zero attached hydrogens (tertiary/aromatic N) is 1. The molecule has 0 unspecified atom stereocenters. The zero-order valence-corrected chi connectivity index (χ0v) is 18.6. The van der Waals surface area contributed by atoms with Gasteiger partial charge in [0.15, 0.2) is 0 Å². The smallest absolute Gasteiger partial charge is 0.453 e. The molecular formula is C20H19F3INO5. The van der Waals surface area contributed by atoms with Gasteiger partial charge in [-0.15, -0.1) is 24.0 Å². The molecule has 3 aromatic rings. The molecule has 0 saturated carbocycles. The first-order valence-corrected chi connectivity index (χ1v) is 8.47. The molecule has 0 spiro atoms. The lowest BCUT2D eigenvalue weighted by molar-refractivity contribution is -0.154. The molecule has 1 N–H and O–H groups in total. The van der Waals surface area contributed by atoms with Crippen molar-refractivity contribution in [2.24, 2.45) is 0 Å². The van der Waals surface area contributed by atoms with Crippen LogP contribution in [0.5, 0.6) is 23.0 Å². The van der Waals surface area contributed by atoms with Gasteiger partial charge in [0, 0.05) is 6.54 Å². The summed E-state index contributed by atoms with van der Waals surface area (Å²) in [4.78, 5) is 14.5. The number of methoxy groups -OCH3 is 1. The van der Waals surface area contributed by atoms with E-state index in [2.05, 4.69) is 0 Å². The Morgan fingerprint density at radius 2 is 1.67 bits per heavy atom. The summed E-state index contributed by atoms with van der Waals surface area (Å²) in [7, 11) is 4.78. The quantitative estimate of drug-likeness (QED) is 0.463. The minimum Gasteiger partial charge on any atom is -0.507 e. The van der Waals surface area contributed by atoms with Crippen molar-refractivity contribution in [3.05, 3.63) is 57.9 Å². The zero-order chi connectivity index (χ0) is 21.3. The van der Waals surface area contributed by atoms with E-state index in [1.54, 1.807) is 19.0 Å². The van der Waals surface area contributed by atoms with Crippen molar-refractivity contribution < 1.29 is 32.2 Å². The molecule has 10 heteroatoms. The Morgan fingerprint density at radius 3 is 2.20 bits per heavy atom. The Morgan fingerprint density at radius 1 is 1.07 bits per heavy atom. The highest BCUT2D eigenvalue weighted by Gasteiger charge is 2.41. The van der Waals surface area contributed by atoms with E-state index >= 15 is 0 Å². The van der Waals surface area contributed by atoms with Crippen LogP contribution in [0, 0.1) is 0 Å². The van der Waals surface area contributed by atoms with Gasteiger partial charge in [-0.1, -0.05) is 0 Å². The van der Waals surface area contributed by atoms with Gasteiger partial charge in [-0.2, -0.15) is 13.2 Å². The Bertz CT molecular complexity index is 1090. The number of fused-ring (bicyclic) bond motifs is 1. The summed E-state index contributed by atoms with van der Waals surface area (Å²) in [6.45, 7) is 0.0715. The first kappa shape index (κ1) is 23.8. The maximum atomic E-state index is 13.7. The second kappa shape index (κ2) is 9.13. The molecule has 0 bridgehead atoms. The predicted molar refractivity (Wildman–Crippen MR) is 115 cm³/mol. The zero-order valence-electron chi connectivity index (χ0n) is 16.2. The minimum absolute atomic E-state index is 0. The predicted octanol–water partition coefficient (Wildman–Crippen LogP) is 5.00. The van der Waals surface area contributed by atoms with Gasteiger partial charge in [-0.3, -0.25) is 4.79 Å². The van der Waals surface area contributed by atoms with Crippen molar-refractivity contribution in [1.29, 1.82) is 0 Å². The molecule has 0 fully saturated rings. The Kier molecular flexibility index (Phi) is 7.24. The third-order valence-electron chi connectivity index (χ3n) is 4.11. The van der Waals surface area contributed by atoms with Crippen molar-refractivity contribution in [3.63, 3.8) is 0 Å². The normalized spacial score (nSPS) is 11.4. The molecule has 3 rings (SSSR count). The number of hydrogen-bond acceptors (Lipinski definition) is 6. The van der Waals surface area contributed by atoms with Crippen molar-refractivity contribution in [2.45, 2.75) is 12.7 Å². The molecule has 0 aliphatic rings. The van der Waals surface area contributed by atoms with Crippen molar-refractivity contribution >= 4 is 34.9 Å². The van der Waals surface area contributed by atoms with Gasteiger partial charge in [-0.25, -0.2) is 0 Å². The van der Waals surface area contributed by atoms with Crippen LogP contribution in [0.15, 0.2) is 45.6 Å². The lowest BCUT2D eigenvalue weighted by Gasteiger charge is -2.17. The third kappa shape index (κ3) is 4.81. The number of benzene rings is 2. The fourth-order valence-corrected chi connectivity index (χ4v) is 2.80. The van der Waals surface area contributed by atoms with E-state index in [4.69, 9.17) is 13.9 Å². The van der Waals surface area contributed by atoms with Gasteiger partial charge in [0.25, 0.3) is 5.76 Å². The first-order valence-electron chi connectivity index (χ1n) is 8.47. The van der Waals surface area contributed by atoms with Crippen molar-refractivity contribution in [2.75, 3.05) is 21.2 Å². The number of ether oxygens (including phenoxy) is 2. The number of halogens is 4. The summed E-state index contributed by atoms with van der Waals surface area (Å²) in [5, 5.41) is 9.95. The molecule has 162 valence electrons. The maximum Gasteiger partial charge on any atom is 0.453 e. The summed E-state index contributed by atoms with van der Waals surface area (Å²) in [6.07, 6.45) is -4.99. The van der Waals surface area contributed by atoms with Crippen LogP contribution in [-0.4, -0.2) is 31.2 Å². The largest absolute Gasteiger partial charge is 0.507 e. The molecule has 0 saturated heterocycles. The fraction of sp³-hybridized carbons (Fsp3) is 0.250. The Balaban J connectivity index is 0.00000320. The topological polar surface area (TPSA) is 72.1 Å². The monoisotopic (exact) mass is 537 g/mol. The maximum absolute atomic E-state index is 13.7. The molecule has 0 amide bonds. The van der Waals surface area contributed by atoms with Gasteiger partial charge in [-0.05, 0) is 50.5 Å². The summed E-state index contributed by atoms with van der Waals surface area (Å²) in [5.41, 5.74) is -1.25. The van der Waals surface area contributed by atoms with E-state index in [1.165, 1.54) is 43.5 Å². The van der Waals surface area contributed by atoms with E-state index in [0.717, 1.165) is 0 Å². The van der Waals surface area contributed by atoms with Gasteiger partial charge in [0.1, 0.15) is 22.8 Å². The highest BCUT2D eigenvalue weighted by atomic mass is 127. The number of phenolic OH excluding ortho intramolecular Hbond substituents is 1. The van der Waals surface area contributed by atoms with Crippen LogP contribution in [0.3, 0.4) is 0 Å². The number of aromatic hydroxyl groups is 1. The van der Waals surface area contributed by atoms with Crippen molar-refractivity contribution in [1.82, 2.24) is 4.90 Å². The molecule has 0 radical (unpaired) electrons. The van der Waals surface area contributed by atoms with E-state index < -0.39 is 23.1 Å². The summed E-state index contributed by atoms with van der Waals surface area (Å²) < 4.78 is 56.4. The molecule has 1 heterocycles. The Hall–Kier alpha value is -2.47. The highest BCUT2D eigenvalue weighted by Crippen LogP contribution is 2.40. The van der Waals surface area contributed by atoms with Crippen LogP contribution in [0.25, 0.3) is 11.0 Å². The summed E-state index contributed by atoms with van der Waals surface area (Å²) in [5.74, 6) is -2.34. The molecule has 30 heavy (non-hydrogen) atoms. The van der Waals surface area contributed by atoms with E-state index in [9.17, 15) is 23.1 Å². The number of rotatable bonds is 5. The van der Waals surface area contributed by atoms with Gasteiger partial charge in [0.05, 0.1) is 18.1 Å². The van der Waals surface area contributed by atoms with E-state index in [0.29, 0.717) is 5.75 Å². The highest BCUT2D eigenvalue weighted by molar-refractivity contribution is 14.0. The number of alkyl halides is 3. The lowest BCUT2D eigenvalue weighted by atomic mass is 10.1. The standard InChI is InChI=1S/C20H18F3NO5.HI/c1-24(2)10-14-15(25)9-8-13-16(26)18(19(20(21,22)23)29-17(13)14)28-12-6-4-11(27-3)5-7-12;/h4-9,25H,10H2,1-3H3;1H. The SMILES string of the molecule is COc1ccc(Oc2c(C(F)(F)F)oc3c(CN(C)C)c(O)ccc3c2=O)cc1.I. The molecule has 2 aromatic carbocycles. The van der Waals surface area contributed by atoms with E-state index in [-0.39, 0.29) is 58.6 Å². The van der Waals surface area contributed by atoms with Gasteiger partial charge in [0.2, 0.25) is 11.2 Å². The van der Waals surface area contributed by atoms with Gasteiger partial charge >= 0.3 is 6.18 Å². The lowest BCUT2D eigenvalue weighted by Crippen LogP contribution is -2.17. The molecule has 1 aromatic heterocycles. The van der Waals surface area contributed by atoms with E-state index in [1.807, 2.05) is 0 Å². The van der Waals surface area contributed by atoms with Crippen LogP contribution in [0.4, 0.5) is 13.2 Å². The Labute approximate surface area is 186 Å². The second-order valence-corrected chi connectivity index (χ2v) is 6.54. The number of hydrogen-bond donors (Lipinski definition) is 1. The number of phenols is 1. The molecule has 0 aliphatic heterocycles. The first-order chi connectivity index (χ1) is 13.6. The average molecular weight is 537 g/mol. The molecular weight excluding hydrogens is 518 g/mol. The summed E-state index contributed by atoms with van der Waals surface area (Å²) in [6, 6.07) is 8.16. The molecule has 0 atom stereocenters. The van der Waals surface area contributed by atoms with Gasteiger partial charge < -0.3 is 23.9 Å². The van der Waals surface area contributed by atoms with Crippen molar-refractivity contribution in [3.8, 4) is 23.0 Å². The summed E-state index contributed by atoms with van der Waals surface area (Å²) >= 11 is 0. The van der Waals surface area contributed by atoms with Crippen LogP contribution in [-0.2, 0) is 12.7 Å². The van der Waals surface area contributed by atoms with Crippen LogP contribution < -0.4 is 14.9 Å². The van der Waals surface area contributed by atoms with Crippen LogP contribution in [0.1, 0.15) is 11.3 Å². The molecule has 6 nitrogen and oxygen atoms in total.